The van der Waals surface area contributed by atoms with E-state index in [1.54, 1.807) is 0 Å². The first kappa shape index (κ1) is 23.9. The Morgan fingerprint density at radius 3 is 2.71 bits per heavy atom. The van der Waals surface area contributed by atoms with Gasteiger partial charge in [-0.25, -0.2) is 9.97 Å². The summed E-state index contributed by atoms with van der Waals surface area (Å²) in [4.78, 5) is 15.1. The summed E-state index contributed by atoms with van der Waals surface area (Å²) in [7, 11) is 2.00. The number of H-pyrrole nitrogens is 1. The van der Waals surface area contributed by atoms with E-state index in [0.717, 1.165) is 94.3 Å². The van der Waals surface area contributed by atoms with Crippen LogP contribution >= 0.6 is 11.6 Å². The molecule has 0 unspecified atom stereocenters. The predicted molar refractivity (Wildman–Crippen MR) is 149 cm³/mol. The van der Waals surface area contributed by atoms with Crippen molar-refractivity contribution in [1.29, 1.82) is 0 Å². The second-order valence-electron chi connectivity index (χ2n) is 10.9. The van der Waals surface area contributed by atoms with Gasteiger partial charge in [0.05, 0.1) is 23.0 Å². The molecule has 9 nitrogen and oxygen atoms in total. The predicted octanol–water partition coefficient (Wildman–Crippen LogP) is 4.69. The van der Waals surface area contributed by atoms with Crippen LogP contribution in [0, 0.1) is 13.8 Å². The van der Waals surface area contributed by atoms with Crippen LogP contribution in [0.2, 0.25) is 5.02 Å². The number of rotatable bonds is 6. The van der Waals surface area contributed by atoms with Gasteiger partial charge in [0.15, 0.2) is 5.82 Å². The van der Waals surface area contributed by atoms with Crippen molar-refractivity contribution >= 4 is 34.1 Å². The first-order chi connectivity index (χ1) is 18.4. The SMILES string of the molecule is CCOC1CN(c2nc(-c3c(C)ccc4n[nH]c(C)c34)nc3c2CN(c2c(Cl)c(C4CC4)nn2C)CC3)C1. The van der Waals surface area contributed by atoms with Crippen LogP contribution in [-0.4, -0.2) is 62.3 Å². The second-order valence-corrected chi connectivity index (χ2v) is 11.2. The van der Waals surface area contributed by atoms with E-state index in [9.17, 15) is 0 Å². The third kappa shape index (κ3) is 3.78. The minimum atomic E-state index is 0.239. The molecule has 3 aromatic heterocycles. The molecule has 1 aromatic carbocycles. The smallest absolute Gasteiger partial charge is 0.162 e. The van der Waals surface area contributed by atoms with Gasteiger partial charge in [-0.15, -0.1) is 0 Å². The van der Waals surface area contributed by atoms with Crippen LogP contribution < -0.4 is 9.80 Å². The van der Waals surface area contributed by atoms with E-state index in [1.807, 2.05) is 11.7 Å². The quantitative estimate of drug-likeness (QED) is 0.385. The zero-order valence-corrected chi connectivity index (χ0v) is 23.1. The molecule has 5 heterocycles. The molecule has 1 saturated heterocycles. The number of fused-ring (bicyclic) bond motifs is 2. The van der Waals surface area contributed by atoms with Crippen LogP contribution in [-0.2, 0) is 24.8 Å². The first-order valence-electron chi connectivity index (χ1n) is 13.6. The third-order valence-corrected chi connectivity index (χ3v) is 8.53. The van der Waals surface area contributed by atoms with Crippen LogP contribution in [0.15, 0.2) is 12.1 Å². The van der Waals surface area contributed by atoms with Gasteiger partial charge < -0.3 is 14.5 Å². The summed E-state index contributed by atoms with van der Waals surface area (Å²) in [6.45, 7) is 10.2. The molecule has 2 fully saturated rings. The monoisotopic (exact) mass is 532 g/mol. The molecule has 0 spiro atoms. The average Bonchev–Trinajstić information content (AvgIpc) is 3.60. The minimum absolute atomic E-state index is 0.239. The molecule has 0 amide bonds. The Hall–Kier alpha value is -3.17. The van der Waals surface area contributed by atoms with Crippen LogP contribution in [0.5, 0.6) is 0 Å². The van der Waals surface area contributed by atoms with Gasteiger partial charge in [0.1, 0.15) is 16.7 Å². The number of halogens is 1. The fourth-order valence-electron chi connectivity index (χ4n) is 6.03. The van der Waals surface area contributed by atoms with Crippen LogP contribution in [0.3, 0.4) is 0 Å². The van der Waals surface area contributed by atoms with E-state index in [2.05, 4.69) is 52.9 Å². The Morgan fingerprint density at radius 1 is 1.13 bits per heavy atom. The van der Waals surface area contributed by atoms with Crippen molar-refractivity contribution in [2.45, 2.75) is 58.6 Å². The topological polar surface area (TPSA) is 88.0 Å². The number of ether oxygens (including phenoxy) is 1. The fourth-order valence-corrected chi connectivity index (χ4v) is 6.46. The van der Waals surface area contributed by atoms with E-state index in [-0.39, 0.29) is 6.10 Å². The molecule has 1 N–H and O–H groups in total. The summed E-state index contributed by atoms with van der Waals surface area (Å²) in [6.07, 6.45) is 3.42. The summed E-state index contributed by atoms with van der Waals surface area (Å²) in [5, 5.41) is 14.3. The molecule has 38 heavy (non-hydrogen) atoms. The van der Waals surface area contributed by atoms with Crippen molar-refractivity contribution < 1.29 is 4.74 Å². The molecule has 7 rings (SSSR count). The highest BCUT2D eigenvalue weighted by Gasteiger charge is 2.36. The number of hydrogen-bond donors (Lipinski definition) is 1. The molecule has 0 bridgehead atoms. The van der Waals surface area contributed by atoms with Crippen molar-refractivity contribution in [2.24, 2.45) is 7.05 Å². The molecule has 0 atom stereocenters. The second kappa shape index (κ2) is 8.95. The van der Waals surface area contributed by atoms with E-state index in [0.29, 0.717) is 12.5 Å². The number of nitrogens with zero attached hydrogens (tertiary/aromatic N) is 7. The third-order valence-electron chi connectivity index (χ3n) is 8.17. The number of aromatic nitrogens is 6. The maximum Gasteiger partial charge on any atom is 0.162 e. The fraction of sp³-hybridized carbons (Fsp3) is 0.500. The summed E-state index contributed by atoms with van der Waals surface area (Å²) in [6, 6.07) is 4.17. The maximum absolute atomic E-state index is 6.91. The lowest BCUT2D eigenvalue weighted by molar-refractivity contribution is 0.0426. The van der Waals surface area contributed by atoms with Crippen molar-refractivity contribution in [3.63, 3.8) is 0 Å². The first-order valence-corrected chi connectivity index (χ1v) is 14.0. The molecule has 198 valence electrons. The summed E-state index contributed by atoms with van der Waals surface area (Å²) in [5.74, 6) is 3.28. The van der Waals surface area contributed by atoms with Gasteiger partial charge in [-0.2, -0.15) is 10.2 Å². The number of aryl methyl sites for hydroxylation is 3. The Bertz CT molecular complexity index is 1550. The number of benzene rings is 1. The van der Waals surface area contributed by atoms with Crippen molar-refractivity contribution in [1.82, 2.24) is 29.9 Å². The van der Waals surface area contributed by atoms with Gasteiger partial charge in [-0.1, -0.05) is 17.7 Å². The van der Waals surface area contributed by atoms with Gasteiger partial charge in [-0.3, -0.25) is 9.78 Å². The summed E-state index contributed by atoms with van der Waals surface area (Å²) >= 11 is 6.91. The van der Waals surface area contributed by atoms with E-state index >= 15 is 0 Å². The lowest BCUT2D eigenvalue weighted by Crippen LogP contribution is -2.53. The van der Waals surface area contributed by atoms with Crippen molar-refractivity contribution in [3.05, 3.63) is 45.4 Å². The Morgan fingerprint density at radius 2 is 1.95 bits per heavy atom. The van der Waals surface area contributed by atoms with Gasteiger partial charge in [-0.05, 0) is 45.2 Å². The highest BCUT2D eigenvalue weighted by molar-refractivity contribution is 6.33. The molecular weight excluding hydrogens is 500 g/mol. The molecule has 1 saturated carbocycles. The number of aromatic amines is 1. The lowest BCUT2D eigenvalue weighted by Gasteiger charge is -2.42. The molecule has 2 aliphatic heterocycles. The van der Waals surface area contributed by atoms with E-state index in [1.165, 1.54) is 18.4 Å². The number of hydrogen-bond acceptors (Lipinski definition) is 7. The van der Waals surface area contributed by atoms with Gasteiger partial charge >= 0.3 is 0 Å². The molecule has 0 radical (unpaired) electrons. The molecule has 3 aliphatic rings. The lowest BCUT2D eigenvalue weighted by atomic mass is 9.99. The minimum Gasteiger partial charge on any atom is -0.375 e. The Labute approximate surface area is 227 Å². The van der Waals surface area contributed by atoms with Crippen molar-refractivity contribution in [2.75, 3.05) is 36.0 Å². The van der Waals surface area contributed by atoms with Gasteiger partial charge in [0.25, 0.3) is 0 Å². The van der Waals surface area contributed by atoms with Crippen LogP contribution in [0.1, 0.15) is 53.9 Å². The number of anilines is 2. The Kier molecular flexibility index (Phi) is 5.63. The average molecular weight is 533 g/mol. The zero-order valence-electron chi connectivity index (χ0n) is 22.4. The van der Waals surface area contributed by atoms with Crippen LogP contribution in [0.4, 0.5) is 11.6 Å². The highest BCUT2D eigenvalue weighted by atomic mass is 35.5. The summed E-state index contributed by atoms with van der Waals surface area (Å²) in [5.41, 5.74) is 7.51. The maximum atomic E-state index is 6.91. The van der Waals surface area contributed by atoms with Crippen LogP contribution in [0.25, 0.3) is 22.3 Å². The zero-order chi connectivity index (χ0) is 26.1. The summed E-state index contributed by atoms with van der Waals surface area (Å²) < 4.78 is 7.84. The van der Waals surface area contributed by atoms with E-state index < -0.39 is 0 Å². The molecule has 1 aliphatic carbocycles. The highest BCUT2D eigenvalue weighted by Crippen LogP contribution is 2.46. The van der Waals surface area contributed by atoms with Gasteiger partial charge in [0.2, 0.25) is 0 Å². The largest absolute Gasteiger partial charge is 0.375 e. The van der Waals surface area contributed by atoms with Crippen molar-refractivity contribution in [3.8, 4) is 11.4 Å². The standard InChI is InChI=1S/C28H33ClN8O/c1-5-38-18-12-37(13-18)27-19-14-36(28-24(29)25(17-7-8-17)34-35(28)4)11-10-20(19)30-26(31-27)22-15(2)6-9-21-23(22)16(3)32-33-21/h6,9,17-18H,5,7-8,10-14H2,1-4H3,(H,32,33). The molecular formula is C28H33ClN8O. The van der Waals surface area contributed by atoms with Gasteiger partial charge in [0, 0.05) is 74.4 Å². The molecule has 4 aromatic rings. The van der Waals surface area contributed by atoms with E-state index in [4.69, 9.17) is 31.4 Å². The normalized spacial score (nSPS) is 17.8. The number of nitrogens with one attached hydrogen (secondary N) is 1. The Balaban J connectivity index is 1.32. The molecule has 10 heteroatoms.